The average molecular weight is 380 g/mol. The maximum atomic E-state index is 13.1. The number of carbonyl (C=O) groups excluding carboxylic acids is 1. The summed E-state index contributed by atoms with van der Waals surface area (Å²) in [4.78, 5) is 22.1. The van der Waals surface area contributed by atoms with Crippen LogP contribution < -0.4 is 5.32 Å². The first-order valence-electron chi connectivity index (χ1n) is 8.59. The number of aromatic nitrogens is 3. The minimum atomic E-state index is -0.290. The van der Waals surface area contributed by atoms with Gasteiger partial charge in [-0.25, -0.2) is 9.37 Å². The van der Waals surface area contributed by atoms with Crippen LogP contribution in [0, 0.1) is 5.82 Å². The Hall–Kier alpha value is -3.06. The molecule has 4 rings (SSSR count). The molecule has 0 aliphatic rings. The second kappa shape index (κ2) is 7.28. The molecule has 1 atom stereocenters. The summed E-state index contributed by atoms with van der Waals surface area (Å²) in [6.45, 7) is 2.03. The van der Waals surface area contributed by atoms with Gasteiger partial charge in [0.05, 0.1) is 11.7 Å². The van der Waals surface area contributed by atoms with Crippen LogP contribution in [0.15, 0.2) is 60.4 Å². The standard InChI is InChI=1S/C20H17FN4OS/c1-2-16(14-7-9-22-10-8-14)23-19(26)18-12-27-20-24-17(11-25(18)20)13-3-5-15(21)6-4-13/h3-12,16H,2H2,1H3,(H,23,26). The Morgan fingerprint density at radius 3 is 2.67 bits per heavy atom. The first-order chi connectivity index (χ1) is 13.2. The van der Waals surface area contributed by atoms with Crippen molar-refractivity contribution in [3.05, 3.63) is 77.4 Å². The first kappa shape index (κ1) is 17.4. The normalized spacial score (nSPS) is 12.2. The van der Waals surface area contributed by atoms with E-state index in [9.17, 15) is 9.18 Å². The van der Waals surface area contributed by atoms with E-state index in [1.165, 1.54) is 23.5 Å². The molecule has 0 saturated heterocycles. The number of rotatable bonds is 5. The van der Waals surface area contributed by atoms with Crippen molar-refractivity contribution in [2.45, 2.75) is 19.4 Å². The largest absolute Gasteiger partial charge is 0.344 e. The average Bonchev–Trinajstić information content (AvgIpc) is 3.28. The Labute approximate surface area is 159 Å². The number of carbonyl (C=O) groups is 1. The number of benzene rings is 1. The molecule has 1 unspecified atom stereocenters. The number of hydrogen-bond donors (Lipinski definition) is 1. The van der Waals surface area contributed by atoms with E-state index >= 15 is 0 Å². The van der Waals surface area contributed by atoms with Crippen LogP contribution in [0.2, 0.25) is 0 Å². The van der Waals surface area contributed by atoms with Gasteiger partial charge in [0, 0.05) is 29.5 Å². The number of amides is 1. The smallest absolute Gasteiger partial charge is 0.269 e. The second-order valence-electron chi connectivity index (χ2n) is 6.12. The maximum Gasteiger partial charge on any atom is 0.269 e. The van der Waals surface area contributed by atoms with Crippen molar-refractivity contribution in [3.63, 3.8) is 0 Å². The summed E-state index contributed by atoms with van der Waals surface area (Å²) in [5, 5.41) is 4.87. The van der Waals surface area contributed by atoms with Crippen LogP contribution in [-0.2, 0) is 0 Å². The van der Waals surface area contributed by atoms with Gasteiger partial charge >= 0.3 is 0 Å². The summed E-state index contributed by atoms with van der Waals surface area (Å²) in [6, 6.07) is 9.88. The molecule has 5 nitrogen and oxygen atoms in total. The molecular formula is C20H17FN4OS. The maximum absolute atomic E-state index is 13.1. The predicted molar refractivity (Wildman–Crippen MR) is 103 cm³/mol. The van der Waals surface area contributed by atoms with Gasteiger partial charge in [-0.1, -0.05) is 6.92 Å². The summed E-state index contributed by atoms with van der Waals surface area (Å²) in [5.74, 6) is -0.450. The zero-order valence-corrected chi connectivity index (χ0v) is 15.4. The fourth-order valence-corrected chi connectivity index (χ4v) is 3.81. The van der Waals surface area contributed by atoms with E-state index < -0.39 is 0 Å². The zero-order valence-electron chi connectivity index (χ0n) is 14.6. The highest BCUT2D eigenvalue weighted by molar-refractivity contribution is 7.15. The highest BCUT2D eigenvalue weighted by Crippen LogP contribution is 2.24. The lowest BCUT2D eigenvalue weighted by molar-refractivity contribution is 0.0930. The molecule has 3 heterocycles. The summed E-state index contributed by atoms with van der Waals surface area (Å²) in [6.07, 6.45) is 6.02. The Bertz CT molecular complexity index is 1070. The third kappa shape index (κ3) is 3.46. The molecule has 0 aliphatic carbocycles. The lowest BCUT2D eigenvalue weighted by Gasteiger charge is -2.16. The van der Waals surface area contributed by atoms with E-state index in [1.54, 1.807) is 40.5 Å². The van der Waals surface area contributed by atoms with Crippen LogP contribution >= 0.6 is 11.3 Å². The van der Waals surface area contributed by atoms with Crippen LogP contribution in [0.4, 0.5) is 4.39 Å². The van der Waals surface area contributed by atoms with Crippen LogP contribution in [0.3, 0.4) is 0 Å². The van der Waals surface area contributed by atoms with E-state index in [4.69, 9.17) is 0 Å². The van der Waals surface area contributed by atoms with E-state index in [2.05, 4.69) is 15.3 Å². The van der Waals surface area contributed by atoms with Gasteiger partial charge in [0.2, 0.25) is 0 Å². The van der Waals surface area contributed by atoms with Crippen LogP contribution in [0.25, 0.3) is 16.2 Å². The highest BCUT2D eigenvalue weighted by atomic mass is 32.1. The van der Waals surface area contributed by atoms with Crippen molar-refractivity contribution < 1.29 is 9.18 Å². The topological polar surface area (TPSA) is 59.3 Å². The fraction of sp³-hybridized carbons (Fsp3) is 0.150. The van der Waals surface area contributed by atoms with E-state index in [1.807, 2.05) is 19.1 Å². The van der Waals surface area contributed by atoms with Crippen molar-refractivity contribution in [1.29, 1.82) is 0 Å². The quantitative estimate of drug-likeness (QED) is 0.555. The molecule has 3 aromatic heterocycles. The molecule has 7 heteroatoms. The summed E-state index contributed by atoms with van der Waals surface area (Å²) < 4.78 is 14.9. The summed E-state index contributed by atoms with van der Waals surface area (Å²) in [5.41, 5.74) is 3.06. The molecular weight excluding hydrogens is 363 g/mol. The Kier molecular flexibility index (Phi) is 4.68. The molecule has 0 fully saturated rings. The number of thiazole rings is 1. The summed E-state index contributed by atoms with van der Waals surface area (Å²) >= 11 is 1.40. The van der Waals surface area contributed by atoms with Crippen molar-refractivity contribution in [3.8, 4) is 11.3 Å². The van der Waals surface area contributed by atoms with Gasteiger partial charge in [-0.2, -0.15) is 0 Å². The molecule has 0 bridgehead atoms. The number of halogens is 1. The molecule has 1 amide bonds. The summed E-state index contributed by atoms with van der Waals surface area (Å²) in [7, 11) is 0. The number of pyridine rings is 1. The SMILES string of the molecule is CCC(NC(=O)c1csc2nc(-c3ccc(F)cc3)cn12)c1ccncc1. The van der Waals surface area contributed by atoms with Crippen molar-refractivity contribution in [1.82, 2.24) is 19.7 Å². The van der Waals surface area contributed by atoms with Crippen LogP contribution in [-0.4, -0.2) is 20.3 Å². The monoisotopic (exact) mass is 380 g/mol. The molecule has 0 radical (unpaired) electrons. The van der Waals surface area contributed by atoms with Crippen LogP contribution in [0.1, 0.15) is 35.4 Å². The van der Waals surface area contributed by atoms with Crippen LogP contribution in [0.5, 0.6) is 0 Å². The first-order valence-corrected chi connectivity index (χ1v) is 9.47. The third-order valence-electron chi connectivity index (χ3n) is 4.40. The van der Waals surface area contributed by atoms with Crippen molar-refractivity contribution in [2.75, 3.05) is 0 Å². The van der Waals surface area contributed by atoms with Crippen molar-refractivity contribution in [2.24, 2.45) is 0 Å². The lowest BCUT2D eigenvalue weighted by atomic mass is 10.1. The van der Waals surface area contributed by atoms with Gasteiger partial charge in [0.25, 0.3) is 5.91 Å². The molecule has 4 aromatic rings. The number of imidazole rings is 1. The molecule has 136 valence electrons. The van der Waals surface area contributed by atoms with E-state index in [0.29, 0.717) is 11.4 Å². The minimum absolute atomic E-state index is 0.0875. The molecule has 0 aliphatic heterocycles. The number of nitrogens with one attached hydrogen (secondary N) is 1. The number of fused-ring (bicyclic) bond motifs is 1. The predicted octanol–water partition coefficient (Wildman–Crippen LogP) is 4.48. The molecule has 27 heavy (non-hydrogen) atoms. The van der Waals surface area contributed by atoms with Crippen molar-refractivity contribution >= 4 is 22.2 Å². The van der Waals surface area contributed by atoms with Gasteiger partial charge in [0.1, 0.15) is 11.5 Å². The minimum Gasteiger partial charge on any atom is -0.344 e. The van der Waals surface area contributed by atoms with Gasteiger partial charge in [0.15, 0.2) is 4.96 Å². The fourth-order valence-electron chi connectivity index (χ4n) is 2.96. The highest BCUT2D eigenvalue weighted by Gasteiger charge is 2.19. The zero-order chi connectivity index (χ0) is 18.8. The molecule has 1 N–H and O–H groups in total. The Morgan fingerprint density at radius 2 is 1.96 bits per heavy atom. The Balaban J connectivity index is 1.61. The number of hydrogen-bond acceptors (Lipinski definition) is 4. The molecule has 0 spiro atoms. The van der Waals surface area contributed by atoms with E-state index in [-0.39, 0.29) is 17.8 Å². The van der Waals surface area contributed by atoms with Gasteiger partial charge < -0.3 is 5.32 Å². The molecule has 0 saturated carbocycles. The second-order valence-corrected chi connectivity index (χ2v) is 6.96. The van der Waals surface area contributed by atoms with E-state index in [0.717, 1.165) is 22.5 Å². The number of nitrogens with zero attached hydrogens (tertiary/aromatic N) is 3. The van der Waals surface area contributed by atoms with Gasteiger partial charge in [-0.05, 0) is 48.4 Å². The third-order valence-corrected chi connectivity index (χ3v) is 5.24. The Morgan fingerprint density at radius 1 is 1.22 bits per heavy atom. The lowest BCUT2D eigenvalue weighted by Crippen LogP contribution is -2.29. The molecule has 1 aromatic carbocycles. The van der Waals surface area contributed by atoms with Gasteiger partial charge in [-0.15, -0.1) is 11.3 Å². The van der Waals surface area contributed by atoms with Gasteiger partial charge in [-0.3, -0.25) is 14.2 Å².